The molecule has 1 saturated heterocycles. The van der Waals surface area contributed by atoms with Crippen LogP contribution in [0.5, 0.6) is 0 Å². The summed E-state index contributed by atoms with van der Waals surface area (Å²) in [5.41, 5.74) is 5.47. The Morgan fingerprint density at radius 1 is 1.41 bits per heavy atom. The van der Waals surface area contributed by atoms with E-state index in [1.807, 2.05) is 0 Å². The number of nitrogens with zero attached hydrogens (tertiary/aromatic N) is 3. The third-order valence-corrected chi connectivity index (χ3v) is 6.68. The van der Waals surface area contributed by atoms with Crippen molar-refractivity contribution >= 4 is 56.1 Å². The molecule has 2 amide bonds. The predicted octanol–water partition coefficient (Wildman–Crippen LogP) is 0.324. The van der Waals surface area contributed by atoms with Crippen LogP contribution in [-0.4, -0.2) is 58.3 Å². The molecule has 2 aromatic rings. The summed E-state index contributed by atoms with van der Waals surface area (Å²) >= 11 is 2.07. The van der Waals surface area contributed by atoms with E-state index >= 15 is 0 Å². The average Bonchev–Trinajstić information content (AvgIpc) is 3.09. The summed E-state index contributed by atoms with van der Waals surface area (Å²) in [6.45, 7) is 0. The Balaban J connectivity index is 1.84. The first-order valence-electron chi connectivity index (χ1n) is 7.88. The van der Waals surface area contributed by atoms with Crippen molar-refractivity contribution in [1.29, 1.82) is 0 Å². The molecule has 11 nitrogen and oxygen atoms in total. The van der Waals surface area contributed by atoms with Crippen molar-refractivity contribution in [2.45, 2.75) is 16.3 Å². The van der Waals surface area contributed by atoms with Gasteiger partial charge in [0.1, 0.15) is 24.2 Å². The Hall–Kier alpha value is -2.68. The fourth-order valence-corrected chi connectivity index (χ4v) is 5.31. The highest BCUT2D eigenvalue weighted by Crippen LogP contribution is 2.36. The number of thiazole rings is 1. The summed E-state index contributed by atoms with van der Waals surface area (Å²) < 4.78 is 32.8. The largest absolute Gasteiger partial charge is 0.398 e. The molecule has 3 rings (SSSR count). The first kappa shape index (κ1) is 21.0. The van der Waals surface area contributed by atoms with Gasteiger partial charge < -0.3 is 15.9 Å². The van der Waals surface area contributed by atoms with Gasteiger partial charge in [0.15, 0.2) is 10.8 Å². The minimum absolute atomic E-state index is 0.137. The van der Waals surface area contributed by atoms with Crippen LogP contribution in [0.1, 0.15) is 5.69 Å². The topological polar surface area (TPSA) is 164 Å². The van der Waals surface area contributed by atoms with E-state index in [1.165, 1.54) is 12.5 Å². The number of nitrogens with one attached hydrogen (secondary N) is 1. The molecule has 0 unspecified atom stereocenters. The highest BCUT2D eigenvalue weighted by atomic mass is 32.2. The molecule has 0 bridgehead atoms. The van der Waals surface area contributed by atoms with Crippen LogP contribution in [0.15, 0.2) is 45.8 Å². The lowest BCUT2D eigenvalue weighted by molar-refractivity contribution is -0.140. The van der Waals surface area contributed by atoms with E-state index in [2.05, 4.69) is 20.3 Å². The molecule has 1 aromatic carbocycles. The van der Waals surface area contributed by atoms with Crippen molar-refractivity contribution in [2.24, 2.45) is 5.16 Å². The molecule has 154 valence electrons. The van der Waals surface area contributed by atoms with Crippen LogP contribution in [0.25, 0.3) is 0 Å². The zero-order valence-corrected chi connectivity index (χ0v) is 17.2. The molecule has 0 saturated carbocycles. The van der Waals surface area contributed by atoms with Gasteiger partial charge >= 0.3 is 10.3 Å². The number of nitrogens with two attached hydrogens (primary N) is 1. The van der Waals surface area contributed by atoms with Crippen molar-refractivity contribution < 1.29 is 27.4 Å². The molecule has 1 fully saturated rings. The molecule has 4 N–H and O–H groups in total. The smallest absolute Gasteiger partial charge is 0.363 e. The second kappa shape index (κ2) is 8.36. The number of nitrogen functional groups attached to an aromatic ring is 1. The van der Waals surface area contributed by atoms with Gasteiger partial charge in [-0.1, -0.05) is 35.1 Å². The summed E-state index contributed by atoms with van der Waals surface area (Å²) in [6.07, 6.45) is 0. The zero-order chi connectivity index (χ0) is 21.2. The van der Waals surface area contributed by atoms with Gasteiger partial charge in [0.05, 0.1) is 0 Å². The van der Waals surface area contributed by atoms with Crippen LogP contribution in [0.4, 0.5) is 5.13 Å². The highest BCUT2D eigenvalue weighted by molar-refractivity contribution is 8.00. The number of hydrogen-bond donors (Lipinski definition) is 3. The van der Waals surface area contributed by atoms with Crippen LogP contribution in [0.2, 0.25) is 0 Å². The lowest BCUT2D eigenvalue weighted by Gasteiger charge is -2.43. The summed E-state index contributed by atoms with van der Waals surface area (Å²) in [6, 6.07) is 7.39. The van der Waals surface area contributed by atoms with E-state index in [1.54, 1.807) is 30.3 Å². The maximum atomic E-state index is 12.7. The SMILES string of the molecule is CO/N=C(\C(=O)N[C@@H]1C(=O)N(S(=O)(=O)O)[C@H]1Sc1ccccc1)c1csc(N)n1. The normalized spacial score (nSPS) is 19.6. The molecule has 2 heterocycles. The lowest BCUT2D eigenvalue weighted by Crippen LogP contribution is -2.71. The number of hydrogen-bond acceptors (Lipinski definition) is 10. The highest BCUT2D eigenvalue weighted by Gasteiger charge is 2.54. The van der Waals surface area contributed by atoms with Gasteiger partial charge in [0, 0.05) is 10.3 Å². The van der Waals surface area contributed by atoms with Gasteiger partial charge in [0.25, 0.3) is 11.8 Å². The molecule has 1 aliphatic heterocycles. The Morgan fingerprint density at radius 2 is 2.10 bits per heavy atom. The number of amides is 2. The standard InChI is InChI=1S/C15H15N5O6S3/c1-26-19-10(9-7-27-15(16)17-9)12(21)18-11-13(22)20(29(23,24)25)14(11)28-8-5-3-2-4-6-8/h2-7,11,14H,1H3,(H2,16,17)(H,18,21)(H,23,24,25)/b19-10-/t11-,14+/m1/s1. The van der Waals surface area contributed by atoms with Crippen molar-refractivity contribution in [1.82, 2.24) is 14.6 Å². The van der Waals surface area contributed by atoms with Crippen molar-refractivity contribution in [2.75, 3.05) is 12.8 Å². The maximum Gasteiger partial charge on any atom is 0.363 e. The fraction of sp³-hybridized carbons (Fsp3) is 0.200. The number of anilines is 1. The van der Waals surface area contributed by atoms with Crippen LogP contribution in [-0.2, 0) is 24.7 Å². The quantitative estimate of drug-likeness (QED) is 0.230. The predicted molar refractivity (Wildman–Crippen MR) is 106 cm³/mol. The number of carbonyl (C=O) groups is 2. The Kier molecular flexibility index (Phi) is 6.07. The minimum atomic E-state index is -4.80. The Morgan fingerprint density at radius 3 is 2.66 bits per heavy atom. The molecule has 0 spiro atoms. The number of benzene rings is 1. The number of β-lactam (4-membered cyclic amide) rings is 1. The maximum absolute atomic E-state index is 12.7. The minimum Gasteiger partial charge on any atom is -0.398 e. The second-order valence-electron chi connectivity index (χ2n) is 5.58. The molecular formula is C15H15N5O6S3. The molecule has 0 radical (unpaired) electrons. The van der Waals surface area contributed by atoms with Gasteiger partial charge in [-0.05, 0) is 12.1 Å². The second-order valence-corrected chi connectivity index (χ2v) is 8.95. The van der Waals surface area contributed by atoms with Crippen molar-refractivity contribution in [3.05, 3.63) is 41.4 Å². The summed E-state index contributed by atoms with van der Waals surface area (Å²) in [5.74, 6) is -1.80. The Labute approximate surface area is 173 Å². The zero-order valence-electron chi connectivity index (χ0n) is 14.8. The van der Waals surface area contributed by atoms with E-state index < -0.39 is 33.5 Å². The monoisotopic (exact) mass is 457 g/mol. The van der Waals surface area contributed by atoms with Gasteiger partial charge in [0.2, 0.25) is 0 Å². The van der Waals surface area contributed by atoms with Crippen LogP contribution in [0.3, 0.4) is 0 Å². The van der Waals surface area contributed by atoms with Crippen LogP contribution in [0, 0.1) is 0 Å². The number of aromatic nitrogens is 1. The van der Waals surface area contributed by atoms with Crippen molar-refractivity contribution in [3.8, 4) is 0 Å². The van der Waals surface area contributed by atoms with Gasteiger partial charge in [-0.3, -0.25) is 14.1 Å². The number of carbonyl (C=O) groups excluding carboxylic acids is 2. The first-order chi connectivity index (χ1) is 13.7. The van der Waals surface area contributed by atoms with E-state index in [-0.39, 0.29) is 16.5 Å². The molecule has 29 heavy (non-hydrogen) atoms. The lowest BCUT2D eigenvalue weighted by atomic mass is 10.1. The van der Waals surface area contributed by atoms with Crippen molar-refractivity contribution in [3.63, 3.8) is 0 Å². The van der Waals surface area contributed by atoms with Gasteiger partial charge in [-0.2, -0.15) is 12.7 Å². The summed E-state index contributed by atoms with van der Waals surface area (Å²) in [5, 5.41) is 6.63. The van der Waals surface area contributed by atoms with Crippen LogP contribution < -0.4 is 11.1 Å². The fourth-order valence-electron chi connectivity index (χ4n) is 2.47. The molecule has 2 atom stereocenters. The van der Waals surface area contributed by atoms with E-state index in [9.17, 15) is 22.6 Å². The summed E-state index contributed by atoms with van der Waals surface area (Å²) in [4.78, 5) is 34.2. The van der Waals surface area contributed by atoms with Gasteiger partial charge in [-0.25, -0.2) is 4.98 Å². The average molecular weight is 458 g/mol. The third kappa shape index (κ3) is 4.50. The van der Waals surface area contributed by atoms with E-state index in [0.717, 1.165) is 23.1 Å². The number of thioether (sulfide) groups is 1. The molecule has 0 aliphatic carbocycles. The van der Waals surface area contributed by atoms with Crippen LogP contribution >= 0.6 is 23.1 Å². The molecular weight excluding hydrogens is 442 g/mol. The molecule has 14 heteroatoms. The van der Waals surface area contributed by atoms with E-state index in [4.69, 9.17) is 5.73 Å². The Bertz CT molecular complexity index is 1060. The van der Waals surface area contributed by atoms with Gasteiger partial charge in [-0.15, -0.1) is 11.3 Å². The third-order valence-electron chi connectivity index (χ3n) is 3.70. The molecule has 1 aliphatic rings. The molecule has 1 aromatic heterocycles. The first-order valence-corrected chi connectivity index (χ1v) is 11.0. The van der Waals surface area contributed by atoms with E-state index in [0.29, 0.717) is 9.20 Å². The summed E-state index contributed by atoms with van der Waals surface area (Å²) in [7, 11) is -3.58. The number of oxime groups is 1. The number of rotatable bonds is 7.